The van der Waals surface area contributed by atoms with E-state index in [9.17, 15) is 8.42 Å². The molecular weight excluding hydrogens is 458 g/mol. The van der Waals surface area contributed by atoms with Gasteiger partial charge in [0.1, 0.15) is 5.75 Å². The van der Waals surface area contributed by atoms with E-state index in [1.54, 1.807) is 24.3 Å². The molecule has 3 aromatic rings. The van der Waals surface area contributed by atoms with E-state index in [4.69, 9.17) is 10.6 Å². The van der Waals surface area contributed by atoms with Gasteiger partial charge in [-0.2, -0.15) is 4.31 Å². The van der Waals surface area contributed by atoms with Crippen molar-refractivity contribution in [3.8, 4) is 17.1 Å². The number of sulfonamides is 1. The zero-order chi connectivity index (χ0) is 24.0. The van der Waals surface area contributed by atoms with Crippen LogP contribution in [-0.4, -0.2) is 53.0 Å². The number of hydrogen-bond donors (Lipinski definition) is 1. The first-order valence-electron chi connectivity index (χ1n) is 10.9. The Morgan fingerprint density at radius 2 is 1.76 bits per heavy atom. The van der Waals surface area contributed by atoms with Gasteiger partial charge in [0, 0.05) is 24.4 Å². The van der Waals surface area contributed by atoms with Crippen molar-refractivity contribution in [1.29, 1.82) is 0 Å². The lowest BCUT2D eigenvalue weighted by atomic mass is 10.1. The molecule has 33 heavy (non-hydrogen) atoms. The number of aryl methyl sites for hydroxylation is 2. The molecule has 178 valence electrons. The highest BCUT2D eigenvalue weighted by Crippen LogP contribution is 2.25. The Morgan fingerprint density at radius 3 is 2.42 bits per heavy atom. The quantitative estimate of drug-likeness (QED) is 0.248. The maximum absolute atomic E-state index is 12.8. The minimum atomic E-state index is -3.57. The van der Waals surface area contributed by atoms with Crippen molar-refractivity contribution in [2.75, 3.05) is 31.3 Å². The largest absolute Gasteiger partial charge is 0.494 e. The summed E-state index contributed by atoms with van der Waals surface area (Å²) < 4.78 is 34.4. The predicted molar refractivity (Wildman–Crippen MR) is 132 cm³/mol. The van der Waals surface area contributed by atoms with Crippen LogP contribution in [0.3, 0.4) is 0 Å². The number of ether oxygens (including phenoxy) is 1. The van der Waals surface area contributed by atoms with Crippen LogP contribution >= 0.6 is 11.8 Å². The van der Waals surface area contributed by atoms with Gasteiger partial charge in [0.15, 0.2) is 5.82 Å². The number of hydrogen-bond acceptors (Lipinski definition) is 7. The lowest BCUT2D eigenvalue weighted by molar-refractivity contribution is 0.318. The Bertz CT molecular complexity index is 1170. The lowest BCUT2D eigenvalue weighted by Crippen LogP contribution is -2.30. The molecule has 0 spiro atoms. The molecule has 10 heteroatoms. The van der Waals surface area contributed by atoms with Crippen LogP contribution in [0, 0.1) is 13.8 Å². The molecule has 0 atom stereocenters. The summed E-state index contributed by atoms with van der Waals surface area (Å²) in [4.78, 5) is 0.212. The van der Waals surface area contributed by atoms with Crippen molar-refractivity contribution in [2.45, 2.75) is 44.2 Å². The molecular formula is C23H31N5O3S2. The number of thioether (sulfide) groups is 1. The fraction of sp³-hybridized carbons (Fsp3) is 0.391. The summed E-state index contributed by atoms with van der Waals surface area (Å²) in [5, 5.41) is 8.93. The minimum absolute atomic E-state index is 0.212. The zero-order valence-corrected chi connectivity index (χ0v) is 21.1. The smallest absolute Gasteiger partial charge is 0.243 e. The monoisotopic (exact) mass is 489 g/mol. The van der Waals surface area contributed by atoms with E-state index in [0.717, 1.165) is 17.9 Å². The Labute approximate surface area is 200 Å². The lowest BCUT2D eigenvalue weighted by Gasteiger charge is -2.18. The molecule has 2 aromatic carbocycles. The van der Waals surface area contributed by atoms with Gasteiger partial charge in [-0.25, -0.2) is 13.1 Å². The highest BCUT2D eigenvalue weighted by molar-refractivity contribution is 7.99. The van der Waals surface area contributed by atoms with Crippen LogP contribution in [0.25, 0.3) is 11.4 Å². The number of nitrogens with zero attached hydrogens (tertiary/aromatic N) is 4. The molecule has 0 amide bonds. The van der Waals surface area contributed by atoms with Gasteiger partial charge in [-0.05, 0) is 55.7 Å². The SMILES string of the molecule is CCN(CC)S(=O)(=O)c1cccc(-c2nnc(SCCCOc3cc(C)cc(C)c3)n2N)c1. The van der Waals surface area contributed by atoms with E-state index in [0.29, 0.717) is 36.2 Å². The molecule has 0 aliphatic heterocycles. The fourth-order valence-electron chi connectivity index (χ4n) is 3.51. The first-order valence-corrected chi connectivity index (χ1v) is 13.3. The van der Waals surface area contributed by atoms with Gasteiger partial charge < -0.3 is 10.6 Å². The highest BCUT2D eigenvalue weighted by atomic mass is 32.2. The predicted octanol–water partition coefficient (Wildman–Crippen LogP) is 3.87. The van der Waals surface area contributed by atoms with E-state index in [2.05, 4.69) is 30.1 Å². The summed E-state index contributed by atoms with van der Waals surface area (Å²) in [6.07, 6.45) is 0.817. The molecule has 0 unspecified atom stereocenters. The highest BCUT2D eigenvalue weighted by Gasteiger charge is 2.23. The first kappa shape index (κ1) is 25.1. The molecule has 0 saturated carbocycles. The van der Waals surface area contributed by atoms with E-state index in [-0.39, 0.29) is 4.90 Å². The third-order valence-electron chi connectivity index (χ3n) is 5.08. The average molecular weight is 490 g/mol. The Kier molecular flexibility index (Phi) is 8.39. The molecule has 3 rings (SSSR count). The summed E-state index contributed by atoms with van der Waals surface area (Å²) >= 11 is 1.48. The number of benzene rings is 2. The van der Waals surface area contributed by atoms with Gasteiger partial charge in [0.05, 0.1) is 11.5 Å². The second-order valence-corrected chi connectivity index (χ2v) is 10.7. The topological polar surface area (TPSA) is 103 Å². The third-order valence-corrected chi connectivity index (χ3v) is 8.16. The molecule has 1 aromatic heterocycles. The van der Waals surface area contributed by atoms with Crippen molar-refractivity contribution in [2.24, 2.45) is 0 Å². The van der Waals surface area contributed by atoms with Crippen molar-refractivity contribution < 1.29 is 13.2 Å². The molecule has 0 radical (unpaired) electrons. The van der Waals surface area contributed by atoms with Crippen molar-refractivity contribution in [1.82, 2.24) is 19.2 Å². The maximum Gasteiger partial charge on any atom is 0.243 e. The van der Waals surface area contributed by atoms with Crippen LogP contribution in [0.15, 0.2) is 52.5 Å². The molecule has 0 aliphatic carbocycles. The Morgan fingerprint density at radius 1 is 1.06 bits per heavy atom. The summed E-state index contributed by atoms with van der Waals surface area (Å²) in [7, 11) is -3.57. The van der Waals surface area contributed by atoms with Gasteiger partial charge in [-0.1, -0.05) is 43.8 Å². The van der Waals surface area contributed by atoms with Crippen LogP contribution in [0.1, 0.15) is 31.4 Å². The van der Waals surface area contributed by atoms with Gasteiger partial charge in [-0.15, -0.1) is 10.2 Å². The number of aromatic nitrogens is 3. The van der Waals surface area contributed by atoms with Crippen molar-refractivity contribution in [3.05, 3.63) is 53.6 Å². The molecule has 8 nitrogen and oxygen atoms in total. The van der Waals surface area contributed by atoms with Gasteiger partial charge >= 0.3 is 0 Å². The second kappa shape index (κ2) is 11.0. The van der Waals surface area contributed by atoms with E-state index < -0.39 is 10.0 Å². The molecule has 0 fully saturated rings. The fourth-order valence-corrected chi connectivity index (χ4v) is 5.78. The maximum atomic E-state index is 12.8. The normalized spacial score (nSPS) is 11.8. The van der Waals surface area contributed by atoms with Crippen molar-refractivity contribution >= 4 is 21.8 Å². The van der Waals surface area contributed by atoms with Crippen LogP contribution in [-0.2, 0) is 10.0 Å². The minimum Gasteiger partial charge on any atom is -0.494 e. The average Bonchev–Trinajstić information content (AvgIpc) is 3.14. The third kappa shape index (κ3) is 6.07. The van der Waals surface area contributed by atoms with Crippen LogP contribution < -0.4 is 10.6 Å². The van der Waals surface area contributed by atoms with E-state index in [1.165, 1.54) is 31.9 Å². The first-order chi connectivity index (χ1) is 15.8. The van der Waals surface area contributed by atoms with E-state index in [1.807, 2.05) is 26.0 Å². The standard InChI is InChI=1S/C23H31N5O3S2/c1-5-27(6-2)33(29,30)21-10-7-9-19(16-21)22-25-26-23(28(22)24)32-12-8-11-31-20-14-17(3)13-18(4)15-20/h7,9-10,13-16H,5-6,8,11-12,24H2,1-4H3. The van der Waals surface area contributed by atoms with Crippen LogP contribution in [0.4, 0.5) is 0 Å². The van der Waals surface area contributed by atoms with Crippen molar-refractivity contribution in [3.63, 3.8) is 0 Å². The summed E-state index contributed by atoms with van der Waals surface area (Å²) in [5.41, 5.74) is 2.96. The van der Waals surface area contributed by atoms with Crippen LogP contribution in [0.2, 0.25) is 0 Å². The summed E-state index contributed by atoms with van der Waals surface area (Å²) in [6.45, 7) is 9.14. The van der Waals surface area contributed by atoms with E-state index >= 15 is 0 Å². The zero-order valence-electron chi connectivity index (χ0n) is 19.5. The summed E-state index contributed by atoms with van der Waals surface area (Å²) in [5.74, 6) is 8.28. The van der Waals surface area contributed by atoms with Crippen LogP contribution in [0.5, 0.6) is 5.75 Å². The molecule has 0 aliphatic rings. The number of nitrogens with two attached hydrogens (primary N) is 1. The Hall–Kier alpha value is -2.56. The molecule has 0 bridgehead atoms. The van der Waals surface area contributed by atoms with Gasteiger partial charge in [0.25, 0.3) is 0 Å². The second-order valence-electron chi connectivity index (χ2n) is 7.67. The molecule has 1 heterocycles. The summed E-state index contributed by atoms with van der Waals surface area (Å²) in [6, 6.07) is 12.8. The molecule has 2 N–H and O–H groups in total. The number of rotatable bonds is 11. The Balaban J connectivity index is 1.63. The van der Waals surface area contributed by atoms with Gasteiger partial charge in [0.2, 0.25) is 15.2 Å². The molecule has 0 saturated heterocycles. The van der Waals surface area contributed by atoms with Gasteiger partial charge in [-0.3, -0.25) is 0 Å². The number of nitrogen functional groups attached to an aromatic ring is 1.